The molecule has 6 heteroatoms. The number of hydrogen-bond donors (Lipinski definition) is 2. The Balaban J connectivity index is 2.21. The van der Waals surface area contributed by atoms with Gasteiger partial charge in [0.1, 0.15) is 5.54 Å². The van der Waals surface area contributed by atoms with Gasteiger partial charge in [0.25, 0.3) is 0 Å². The van der Waals surface area contributed by atoms with E-state index in [9.17, 15) is 4.79 Å². The van der Waals surface area contributed by atoms with Crippen LogP contribution >= 0.6 is 0 Å². The molecule has 0 saturated carbocycles. The standard InChI is InChI=1S/C15H17N5O/c16-14(21)20-10-9-17-11-15(20,12-5-1-3-7-18-12)13-6-2-4-8-19-13/h1-8,17H,9-11H2,(H2,16,21). The molecule has 0 aromatic carbocycles. The molecule has 0 bridgehead atoms. The first kappa shape index (κ1) is 13.5. The Morgan fingerprint density at radius 2 is 1.76 bits per heavy atom. The molecule has 0 radical (unpaired) electrons. The third kappa shape index (κ3) is 2.23. The Labute approximate surface area is 123 Å². The summed E-state index contributed by atoms with van der Waals surface area (Å²) in [5.41, 5.74) is 6.37. The molecule has 1 saturated heterocycles. The lowest BCUT2D eigenvalue weighted by Gasteiger charge is -2.45. The van der Waals surface area contributed by atoms with Gasteiger partial charge in [-0.25, -0.2) is 4.79 Å². The average Bonchev–Trinajstić information content (AvgIpc) is 2.56. The zero-order valence-corrected chi connectivity index (χ0v) is 11.6. The highest BCUT2D eigenvalue weighted by molar-refractivity contribution is 5.74. The normalized spacial score (nSPS) is 17.4. The number of nitrogens with zero attached hydrogens (tertiary/aromatic N) is 3. The molecular formula is C15H17N5O. The van der Waals surface area contributed by atoms with Crippen LogP contribution in [0.3, 0.4) is 0 Å². The van der Waals surface area contributed by atoms with E-state index in [0.717, 1.165) is 11.4 Å². The summed E-state index contributed by atoms with van der Waals surface area (Å²) in [4.78, 5) is 22.5. The van der Waals surface area contributed by atoms with Crippen LogP contribution < -0.4 is 11.1 Å². The zero-order valence-electron chi connectivity index (χ0n) is 11.6. The van der Waals surface area contributed by atoms with Gasteiger partial charge in [0.2, 0.25) is 0 Å². The van der Waals surface area contributed by atoms with Gasteiger partial charge >= 0.3 is 6.03 Å². The van der Waals surface area contributed by atoms with Gasteiger partial charge < -0.3 is 16.0 Å². The van der Waals surface area contributed by atoms with Crippen molar-refractivity contribution in [3.63, 3.8) is 0 Å². The van der Waals surface area contributed by atoms with Gasteiger partial charge in [-0.2, -0.15) is 0 Å². The van der Waals surface area contributed by atoms with Crippen LogP contribution in [-0.2, 0) is 5.54 Å². The summed E-state index contributed by atoms with van der Waals surface area (Å²) in [6.45, 7) is 1.75. The molecule has 108 valence electrons. The van der Waals surface area contributed by atoms with E-state index in [0.29, 0.717) is 19.6 Å². The number of amides is 2. The van der Waals surface area contributed by atoms with E-state index in [4.69, 9.17) is 5.73 Å². The number of carbonyl (C=O) groups excluding carboxylic acids is 1. The van der Waals surface area contributed by atoms with Gasteiger partial charge in [0.15, 0.2) is 0 Å². The Hall–Kier alpha value is -2.47. The third-order valence-electron chi connectivity index (χ3n) is 3.80. The van der Waals surface area contributed by atoms with Crippen LogP contribution in [0.4, 0.5) is 4.79 Å². The Bertz CT molecular complexity index is 577. The molecule has 3 heterocycles. The van der Waals surface area contributed by atoms with Gasteiger partial charge in [-0.15, -0.1) is 0 Å². The van der Waals surface area contributed by atoms with E-state index in [1.165, 1.54) is 0 Å². The van der Waals surface area contributed by atoms with E-state index in [1.54, 1.807) is 17.3 Å². The maximum Gasteiger partial charge on any atom is 0.315 e. The summed E-state index contributed by atoms with van der Waals surface area (Å²) in [7, 11) is 0. The van der Waals surface area contributed by atoms with Crippen LogP contribution in [0.2, 0.25) is 0 Å². The second-order valence-corrected chi connectivity index (χ2v) is 4.96. The molecule has 2 aromatic rings. The number of carbonyl (C=O) groups is 1. The number of nitrogens with two attached hydrogens (primary N) is 1. The number of hydrogen-bond acceptors (Lipinski definition) is 4. The molecule has 0 unspecified atom stereocenters. The minimum absolute atomic E-state index is 0.465. The fourth-order valence-electron chi connectivity index (χ4n) is 2.85. The smallest absolute Gasteiger partial charge is 0.315 e. The molecule has 6 nitrogen and oxygen atoms in total. The molecule has 1 aliphatic heterocycles. The fraction of sp³-hybridized carbons (Fsp3) is 0.267. The van der Waals surface area contributed by atoms with Gasteiger partial charge in [-0.3, -0.25) is 9.97 Å². The predicted octanol–water partition coefficient (Wildman–Crippen LogP) is 0.704. The lowest BCUT2D eigenvalue weighted by Crippen LogP contribution is -2.63. The van der Waals surface area contributed by atoms with Gasteiger partial charge in [0.05, 0.1) is 11.4 Å². The maximum atomic E-state index is 12.0. The summed E-state index contributed by atoms with van der Waals surface area (Å²) in [5.74, 6) is 0. The minimum atomic E-state index is -0.771. The Kier molecular flexibility index (Phi) is 3.53. The topological polar surface area (TPSA) is 84.1 Å². The second kappa shape index (κ2) is 5.49. The molecule has 0 spiro atoms. The summed E-state index contributed by atoms with van der Waals surface area (Å²) >= 11 is 0. The number of nitrogens with one attached hydrogen (secondary N) is 1. The first-order valence-electron chi connectivity index (χ1n) is 6.86. The predicted molar refractivity (Wildman–Crippen MR) is 78.4 cm³/mol. The molecule has 2 amide bonds. The monoisotopic (exact) mass is 283 g/mol. The molecule has 2 aromatic heterocycles. The van der Waals surface area contributed by atoms with Crippen molar-refractivity contribution in [1.29, 1.82) is 0 Å². The van der Waals surface area contributed by atoms with Crippen molar-refractivity contribution in [3.05, 3.63) is 60.2 Å². The number of rotatable bonds is 2. The maximum absolute atomic E-state index is 12.0. The summed E-state index contributed by atoms with van der Waals surface area (Å²) in [6.07, 6.45) is 3.43. The SMILES string of the molecule is NC(=O)N1CCNCC1(c1ccccn1)c1ccccn1. The van der Waals surface area contributed by atoms with E-state index in [2.05, 4.69) is 15.3 Å². The summed E-state index contributed by atoms with van der Waals surface area (Å²) in [6, 6.07) is 10.8. The second-order valence-electron chi connectivity index (χ2n) is 4.96. The van der Waals surface area contributed by atoms with E-state index < -0.39 is 11.6 Å². The van der Waals surface area contributed by atoms with Crippen LogP contribution in [0, 0.1) is 0 Å². The molecule has 3 N–H and O–H groups in total. The molecule has 0 aliphatic carbocycles. The van der Waals surface area contributed by atoms with Crippen LogP contribution in [0.25, 0.3) is 0 Å². The molecule has 0 atom stereocenters. The molecule has 1 aliphatic rings. The van der Waals surface area contributed by atoms with Crippen molar-refractivity contribution in [3.8, 4) is 0 Å². The number of aromatic nitrogens is 2. The van der Waals surface area contributed by atoms with Crippen LogP contribution in [-0.4, -0.2) is 40.5 Å². The highest BCUT2D eigenvalue weighted by atomic mass is 16.2. The average molecular weight is 283 g/mol. The van der Waals surface area contributed by atoms with Crippen molar-refractivity contribution in [1.82, 2.24) is 20.2 Å². The lowest BCUT2D eigenvalue weighted by molar-refractivity contribution is 0.114. The van der Waals surface area contributed by atoms with Crippen LogP contribution in [0.5, 0.6) is 0 Å². The fourth-order valence-corrected chi connectivity index (χ4v) is 2.85. The van der Waals surface area contributed by atoms with Crippen molar-refractivity contribution in [2.45, 2.75) is 5.54 Å². The van der Waals surface area contributed by atoms with Crippen molar-refractivity contribution in [2.24, 2.45) is 5.73 Å². The van der Waals surface area contributed by atoms with Gasteiger partial charge in [-0.1, -0.05) is 12.1 Å². The molecular weight excluding hydrogens is 266 g/mol. The number of urea groups is 1. The first-order valence-corrected chi connectivity index (χ1v) is 6.86. The van der Waals surface area contributed by atoms with E-state index >= 15 is 0 Å². The highest BCUT2D eigenvalue weighted by Gasteiger charge is 2.46. The molecule has 21 heavy (non-hydrogen) atoms. The van der Waals surface area contributed by atoms with Crippen LogP contribution in [0.1, 0.15) is 11.4 Å². The highest BCUT2D eigenvalue weighted by Crippen LogP contribution is 2.34. The number of piperazine rings is 1. The summed E-state index contributed by atoms with van der Waals surface area (Å²) < 4.78 is 0. The largest absolute Gasteiger partial charge is 0.351 e. The third-order valence-corrected chi connectivity index (χ3v) is 3.80. The number of primary amides is 1. The first-order chi connectivity index (χ1) is 10.2. The quantitative estimate of drug-likeness (QED) is 0.850. The lowest BCUT2D eigenvalue weighted by atomic mass is 9.86. The Morgan fingerprint density at radius 1 is 1.14 bits per heavy atom. The zero-order chi connectivity index (χ0) is 14.7. The van der Waals surface area contributed by atoms with Crippen molar-refractivity contribution in [2.75, 3.05) is 19.6 Å². The number of pyridine rings is 2. The van der Waals surface area contributed by atoms with Crippen LogP contribution in [0.15, 0.2) is 48.8 Å². The van der Waals surface area contributed by atoms with Gasteiger partial charge in [0, 0.05) is 32.0 Å². The summed E-state index contributed by atoms with van der Waals surface area (Å²) in [5, 5.41) is 3.33. The van der Waals surface area contributed by atoms with Crippen molar-refractivity contribution >= 4 is 6.03 Å². The van der Waals surface area contributed by atoms with E-state index in [1.807, 2.05) is 36.4 Å². The van der Waals surface area contributed by atoms with E-state index in [-0.39, 0.29) is 0 Å². The molecule has 1 fully saturated rings. The molecule has 3 rings (SSSR count). The minimum Gasteiger partial charge on any atom is -0.351 e. The van der Waals surface area contributed by atoms with Gasteiger partial charge in [-0.05, 0) is 24.3 Å². The Morgan fingerprint density at radius 3 is 2.24 bits per heavy atom. The van der Waals surface area contributed by atoms with Crippen molar-refractivity contribution < 1.29 is 4.79 Å².